The summed E-state index contributed by atoms with van der Waals surface area (Å²) in [5.41, 5.74) is 2.35. The summed E-state index contributed by atoms with van der Waals surface area (Å²) in [5.74, 6) is 1.16. The third-order valence-electron chi connectivity index (χ3n) is 6.19. The summed E-state index contributed by atoms with van der Waals surface area (Å²) in [6, 6.07) is 20.7. The van der Waals surface area contributed by atoms with E-state index in [-0.39, 0.29) is 18.4 Å². The van der Waals surface area contributed by atoms with E-state index in [0.29, 0.717) is 50.6 Å². The Balaban J connectivity index is 1.34. The highest BCUT2D eigenvalue weighted by molar-refractivity contribution is 5.96. The lowest BCUT2D eigenvalue weighted by molar-refractivity contribution is -0.132. The number of nitrogens with zero attached hydrogens (tertiary/aromatic N) is 5. The fourth-order valence-electron chi connectivity index (χ4n) is 4.08. The quantitative estimate of drug-likeness (QED) is 0.457. The molecule has 1 fully saturated rings. The molecule has 2 aromatic carbocycles. The molecule has 9 nitrogen and oxygen atoms in total. The van der Waals surface area contributed by atoms with Crippen molar-refractivity contribution >= 4 is 17.6 Å². The number of piperazine rings is 1. The molecule has 0 spiro atoms. The number of anilines is 1. The van der Waals surface area contributed by atoms with E-state index in [1.54, 1.807) is 43.4 Å². The zero-order valence-corrected chi connectivity index (χ0v) is 20.7. The van der Waals surface area contributed by atoms with Crippen LogP contribution in [0.2, 0.25) is 0 Å². The first-order chi connectivity index (χ1) is 17.6. The van der Waals surface area contributed by atoms with E-state index in [4.69, 9.17) is 9.47 Å². The normalized spacial score (nSPS) is 13.4. The van der Waals surface area contributed by atoms with Gasteiger partial charge >= 0.3 is 0 Å². The molecular weight excluding hydrogens is 458 g/mol. The lowest BCUT2D eigenvalue weighted by Gasteiger charge is -2.36. The van der Waals surface area contributed by atoms with E-state index in [1.807, 2.05) is 42.5 Å². The standard InChI is InChI=1S/C27H31N5O4/c1-35-19-18-32(27(34)22-8-10-23(36-2)11-9-22)20-26(33)31-16-14-30(15-17-31)25-13-12-24(28-29-25)21-6-4-3-5-7-21/h3-13H,14-20H2,1-2H3. The second-order valence-corrected chi connectivity index (χ2v) is 8.46. The Kier molecular flexibility index (Phi) is 8.46. The number of rotatable bonds is 9. The average molecular weight is 490 g/mol. The fraction of sp³-hybridized carbons (Fsp3) is 0.333. The second-order valence-electron chi connectivity index (χ2n) is 8.46. The van der Waals surface area contributed by atoms with Gasteiger partial charge < -0.3 is 24.2 Å². The summed E-state index contributed by atoms with van der Waals surface area (Å²) in [6.07, 6.45) is 0. The molecule has 4 rings (SSSR count). The number of methoxy groups -OCH3 is 2. The van der Waals surface area contributed by atoms with Gasteiger partial charge in [-0.05, 0) is 36.4 Å². The van der Waals surface area contributed by atoms with Crippen molar-refractivity contribution in [2.24, 2.45) is 0 Å². The third-order valence-corrected chi connectivity index (χ3v) is 6.19. The van der Waals surface area contributed by atoms with Crippen LogP contribution < -0.4 is 9.64 Å². The fourth-order valence-corrected chi connectivity index (χ4v) is 4.08. The zero-order chi connectivity index (χ0) is 25.3. The Hall–Kier alpha value is -3.98. The molecule has 1 aromatic heterocycles. The van der Waals surface area contributed by atoms with Crippen LogP contribution in [0.15, 0.2) is 66.7 Å². The van der Waals surface area contributed by atoms with E-state index in [1.165, 1.54) is 4.90 Å². The van der Waals surface area contributed by atoms with Crippen LogP contribution in [0.4, 0.5) is 5.82 Å². The molecule has 0 saturated carbocycles. The molecule has 0 bridgehead atoms. The molecule has 2 amide bonds. The van der Waals surface area contributed by atoms with Crippen LogP contribution in [-0.2, 0) is 9.53 Å². The molecule has 0 unspecified atom stereocenters. The van der Waals surface area contributed by atoms with Crippen LogP contribution in [0.25, 0.3) is 11.3 Å². The molecule has 0 atom stereocenters. The number of hydrogen-bond acceptors (Lipinski definition) is 7. The van der Waals surface area contributed by atoms with Crippen LogP contribution in [-0.4, -0.2) is 91.9 Å². The van der Waals surface area contributed by atoms with Crippen LogP contribution >= 0.6 is 0 Å². The summed E-state index contributed by atoms with van der Waals surface area (Å²) in [5, 5.41) is 8.77. The van der Waals surface area contributed by atoms with Gasteiger partial charge in [-0.25, -0.2) is 0 Å². The maximum Gasteiger partial charge on any atom is 0.254 e. The molecule has 0 N–H and O–H groups in total. The Bertz CT molecular complexity index is 1130. The van der Waals surface area contributed by atoms with Crippen molar-refractivity contribution in [3.63, 3.8) is 0 Å². The number of hydrogen-bond donors (Lipinski definition) is 0. The Morgan fingerprint density at radius 1 is 0.889 bits per heavy atom. The highest BCUT2D eigenvalue weighted by Gasteiger charge is 2.26. The molecule has 1 aliphatic rings. The highest BCUT2D eigenvalue weighted by Crippen LogP contribution is 2.19. The lowest BCUT2D eigenvalue weighted by atomic mass is 10.1. The summed E-state index contributed by atoms with van der Waals surface area (Å²) < 4.78 is 10.3. The Labute approximate surface area is 211 Å². The van der Waals surface area contributed by atoms with Crippen molar-refractivity contribution in [3.8, 4) is 17.0 Å². The number of carbonyl (C=O) groups is 2. The van der Waals surface area contributed by atoms with E-state index in [2.05, 4.69) is 15.1 Å². The number of benzene rings is 2. The van der Waals surface area contributed by atoms with Gasteiger partial charge in [0.1, 0.15) is 12.3 Å². The zero-order valence-electron chi connectivity index (χ0n) is 20.7. The maximum atomic E-state index is 13.1. The summed E-state index contributed by atoms with van der Waals surface area (Å²) in [6.45, 7) is 3.08. The smallest absolute Gasteiger partial charge is 0.254 e. The van der Waals surface area contributed by atoms with E-state index >= 15 is 0 Å². The number of amides is 2. The topological polar surface area (TPSA) is 88.1 Å². The highest BCUT2D eigenvalue weighted by atomic mass is 16.5. The van der Waals surface area contributed by atoms with Crippen molar-refractivity contribution in [3.05, 3.63) is 72.3 Å². The monoisotopic (exact) mass is 489 g/mol. The summed E-state index contributed by atoms with van der Waals surface area (Å²) >= 11 is 0. The van der Waals surface area contributed by atoms with Crippen LogP contribution in [0.3, 0.4) is 0 Å². The first kappa shape index (κ1) is 25.1. The SMILES string of the molecule is COCCN(CC(=O)N1CCN(c2ccc(-c3ccccc3)nn2)CC1)C(=O)c1ccc(OC)cc1. The maximum absolute atomic E-state index is 13.1. The Morgan fingerprint density at radius 2 is 1.61 bits per heavy atom. The van der Waals surface area contributed by atoms with E-state index in [9.17, 15) is 9.59 Å². The molecule has 1 saturated heterocycles. The van der Waals surface area contributed by atoms with Crippen molar-refractivity contribution in [1.82, 2.24) is 20.0 Å². The number of carbonyl (C=O) groups excluding carboxylic acids is 2. The van der Waals surface area contributed by atoms with E-state index < -0.39 is 0 Å². The molecular formula is C27H31N5O4. The largest absolute Gasteiger partial charge is 0.497 e. The molecule has 36 heavy (non-hydrogen) atoms. The number of ether oxygens (including phenoxy) is 2. The van der Waals surface area contributed by atoms with Crippen LogP contribution in [0.5, 0.6) is 5.75 Å². The van der Waals surface area contributed by atoms with Gasteiger partial charge in [0.2, 0.25) is 5.91 Å². The van der Waals surface area contributed by atoms with E-state index in [0.717, 1.165) is 17.1 Å². The lowest BCUT2D eigenvalue weighted by Crippen LogP contribution is -2.52. The second kappa shape index (κ2) is 12.1. The van der Waals surface area contributed by atoms with Gasteiger partial charge in [0, 0.05) is 51.0 Å². The molecule has 1 aliphatic heterocycles. The van der Waals surface area contributed by atoms with Crippen molar-refractivity contribution in [1.29, 1.82) is 0 Å². The predicted octanol–water partition coefficient (Wildman–Crippen LogP) is 2.59. The summed E-state index contributed by atoms with van der Waals surface area (Å²) in [7, 11) is 3.15. The minimum atomic E-state index is -0.213. The predicted molar refractivity (Wildman–Crippen MR) is 137 cm³/mol. The first-order valence-corrected chi connectivity index (χ1v) is 11.9. The minimum absolute atomic E-state index is 0.000198. The summed E-state index contributed by atoms with van der Waals surface area (Å²) in [4.78, 5) is 31.6. The molecule has 9 heteroatoms. The number of aromatic nitrogens is 2. The van der Waals surface area contributed by atoms with Crippen molar-refractivity contribution in [2.75, 3.05) is 65.0 Å². The van der Waals surface area contributed by atoms with Gasteiger partial charge in [-0.15, -0.1) is 10.2 Å². The Morgan fingerprint density at radius 3 is 2.22 bits per heavy atom. The molecule has 3 aromatic rings. The minimum Gasteiger partial charge on any atom is -0.497 e. The average Bonchev–Trinajstić information content (AvgIpc) is 2.95. The van der Waals surface area contributed by atoms with Gasteiger partial charge in [0.25, 0.3) is 5.91 Å². The van der Waals surface area contributed by atoms with Gasteiger partial charge in [0.15, 0.2) is 5.82 Å². The van der Waals surface area contributed by atoms with Gasteiger partial charge in [0.05, 0.1) is 19.4 Å². The van der Waals surface area contributed by atoms with Gasteiger partial charge in [-0.2, -0.15) is 0 Å². The van der Waals surface area contributed by atoms with Crippen molar-refractivity contribution in [2.45, 2.75) is 0 Å². The van der Waals surface area contributed by atoms with Crippen LogP contribution in [0, 0.1) is 0 Å². The van der Waals surface area contributed by atoms with Gasteiger partial charge in [-0.1, -0.05) is 30.3 Å². The van der Waals surface area contributed by atoms with Gasteiger partial charge in [-0.3, -0.25) is 9.59 Å². The molecule has 0 radical (unpaired) electrons. The first-order valence-electron chi connectivity index (χ1n) is 11.9. The molecule has 2 heterocycles. The van der Waals surface area contributed by atoms with Crippen molar-refractivity contribution < 1.29 is 19.1 Å². The molecule has 188 valence electrons. The van der Waals surface area contributed by atoms with Crippen LogP contribution in [0.1, 0.15) is 10.4 Å². The molecule has 0 aliphatic carbocycles. The third kappa shape index (κ3) is 6.17.